The second kappa shape index (κ2) is 7.01. The third kappa shape index (κ3) is 3.53. The molecule has 0 radical (unpaired) electrons. The summed E-state index contributed by atoms with van der Waals surface area (Å²) in [6.07, 6.45) is 8.33. The fourth-order valence-corrected chi connectivity index (χ4v) is 2.04. The van der Waals surface area contributed by atoms with E-state index in [2.05, 4.69) is 38.0 Å². The van der Waals surface area contributed by atoms with Crippen LogP contribution in [0, 0.1) is 12.3 Å². The summed E-state index contributed by atoms with van der Waals surface area (Å²) >= 11 is 0. The van der Waals surface area contributed by atoms with Gasteiger partial charge in [0.05, 0.1) is 6.61 Å². The summed E-state index contributed by atoms with van der Waals surface area (Å²) in [5.41, 5.74) is 2.62. The Balaban J connectivity index is 3.10. The normalized spacial score (nSPS) is 11.9. The Labute approximate surface area is 105 Å². The monoisotopic (exact) mass is 230 g/mol. The summed E-state index contributed by atoms with van der Waals surface area (Å²) in [7, 11) is 0. The molecular weight excluding hydrogens is 208 g/mol. The van der Waals surface area contributed by atoms with Crippen LogP contribution in [0.2, 0.25) is 0 Å². The third-order valence-corrected chi connectivity index (χ3v) is 3.08. The van der Waals surface area contributed by atoms with Crippen LogP contribution >= 0.6 is 0 Å². The summed E-state index contributed by atoms with van der Waals surface area (Å²) in [5.74, 6) is 4.17. The van der Waals surface area contributed by atoms with Crippen molar-refractivity contribution >= 4 is 0 Å². The maximum absolute atomic E-state index is 5.70. The second-order valence-electron chi connectivity index (χ2n) is 4.17. The third-order valence-electron chi connectivity index (χ3n) is 3.08. The predicted molar refractivity (Wildman–Crippen MR) is 73.5 cm³/mol. The van der Waals surface area contributed by atoms with Gasteiger partial charge in [0.15, 0.2) is 0 Å². The van der Waals surface area contributed by atoms with Crippen LogP contribution in [-0.2, 0) is 6.42 Å². The average molecular weight is 230 g/mol. The van der Waals surface area contributed by atoms with Gasteiger partial charge in [0.2, 0.25) is 0 Å². The molecular formula is C16H22O. The number of hydrogen-bond acceptors (Lipinski definition) is 1. The Morgan fingerprint density at radius 2 is 2.06 bits per heavy atom. The summed E-state index contributed by atoms with van der Waals surface area (Å²) < 4.78 is 5.70. The van der Waals surface area contributed by atoms with Crippen molar-refractivity contribution in [1.29, 1.82) is 0 Å². The van der Waals surface area contributed by atoms with Crippen molar-refractivity contribution in [2.24, 2.45) is 0 Å². The quantitative estimate of drug-likeness (QED) is 0.667. The highest BCUT2D eigenvalue weighted by Gasteiger charge is 2.14. The highest BCUT2D eigenvalue weighted by atomic mass is 16.5. The molecule has 0 aliphatic carbocycles. The molecule has 1 heteroatoms. The van der Waals surface area contributed by atoms with Gasteiger partial charge >= 0.3 is 0 Å². The number of aryl methyl sites for hydroxylation is 1. The standard InChI is InChI=1S/C16H22O/c1-5-9-14(7-3)15-12-13(6-2)10-11-16(15)17-8-4/h1,10-12,14H,6-9H2,2-4H3. The number of terminal acetylenes is 1. The van der Waals surface area contributed by atoms with Crippen molar-refractivity contribution in [1.82, 2.24) is 0 Å². The molecule has 17 heavy (non-hydrogen) atoms. The van der Waals surface area contributed by atoms with Crippen LogP contribution in [0.3, 0.4) is 0 Å². The van der Waals surface area contributed by atoms with Gasteiger partial charge < -0.3 is 4.74 Å². The van der Waals surface area contributed by atoms with Crippen LogP contribution in [0.25, 0.3) is 0 Å². The van der Waals surface area contributed by atoms with Crippen molar-refractivity contribution < 1.29 is 4.74 Å². The summed E-state index contributed by atoms with van der Waals surface area (Å²) in [4.78, 5) is 0. The van der Waals surface area contributed by atoms with Gasteiger partial charge in [0.1, 0.15) is 5.75 Å². The van der Waals surface area contributed by atoms with E-state index in [1.807, 2.05) is 6.92 Å². The average Bonchev–Trinajstić information content (AvgIpc) is 2.37. The van der Waals surface area contributed by atoms with E-state index in [4.69, 9.17) is 11.2 Å². The molecule has 1 unspecified atom stereocenters. The van der Waals surface area contributed by atoms with Crippen LogP contribution < -0.4 is 4.74 Å². The lowest BCUT2D eigenvalue weighted by Crippen LogP contribution is -2.03. The maximum atomic E-state index is 5.70. The van der Waals surface area contributed by atoms with Crippen LogP contribution in [0.15, 0.2) is 18.2 Å². The molecule has 0 aliphatic rings. The van der Waals surface area contributed by atoms with Crippen LogP contribution in [-0.4, -0.2) is 6.61 Å². The van der Waals surface area contributed by atoms with Crippen LogP contribution in [0.5, 0.6) is 5.75 Å². The molecule has 1 atom stereocenters. The van der Waals surface area contributed by atoms with E-state index in [1.165, 1.54) is 11.1 Å². The molecule has 1 rings (SSSR count). The molecule has 0 heterocycles. The first-order valence-corrected chi connectivity index (χ1v) is 6.45. The van der Waals surface area contributed by atoms with Gasteiger partial charge in [-0.3, -0.25) is 0 Å². The van der Waals surface area contributed by atoms with E-state index in [0.29, 0.717) is 12.5 Å². The van der Waals surface area contributed by atoms with Gasteiger partial charge in [0.25, 0.3) is 0 Å². The molecule has 92 valence electrons. The van der Waals surface area contributed by atoms with Gasteiger partial charge in [-0.2, -0.15) is 0 Å². The van der Waals surface area contributed by atoms with Gasteiger partial charge in [0, 0.05) is 6.42 Å². The zero-order chi connectivity index (χ0) is 12.7. The molecule has 0 saturated carbocycles. The molecule has 0 aliphatic heterocycles. The highest BCUT2D eigenvalue weighted by molar-refractivity contribution is 5.40. The van der Waals surface area contributed by atoms with Crippen molar-refractivity contribution in [3.63, 3.8) is 0 Å². The van der Waals surface area contributed by atoms with Crippen LogP contribution in [0.4, 0.5) is 0 Å². The van der Waals surface area contributed by atoms with E-state index < -0.39 is 0 Å². The van der Waals surface area contributed by atoms with E-state index in [-0.39, 0.29) is 0 Å². The molecule has 0 amide bonds. The molecule has 0 spiro atoms. The molecule has 1 aromatic rings. The molecule has 0 N–H and O–H groups in total. The minimum Gasteiger partial charge on any atom is -0.494 e. The fraction of sp³-hybridized carbons (Fsp3) is 0.500. The first-order chi connectivity index (χ1) is 8.26. The lowest BCUT2D eigenvalue weighted by atomic mass is 9.91. The van der Waals surface area contributed by atoms with E-state index in [0.717, 1.165) is 25.0 Å². The van der Waals surface area contributed by atoms with Crippen molar-refractivity contribution in [3.05, 3.63) is 29.3 Å². The van der Waals surface area contributed by atoms with E-state index in [1.54, 1.807) is 0 Å². The van der Waals surface area contributed by atoms with Crippen molar-refractivity contribution in [2.45, 2.75) is 46.0 Å². The Morgan fingerprint density at radius 1 is 1.29 bits per heavy atom. The fourth-order valence-electron chi connectivity index (χ4n) is 2.04. The van der Waals surface area contributed by atoms with E-state index in [9.17, 15) is 0 Å². The maximum Gasteiger partial charge on any atom is 0.122 e. The Hall–Kier alpha value is -1.42. The Bertz CT molecular complexity index is 387. The van der Waals surface area contributed by atoms with Gasteiger partial charge in [-0.25, -0.2) is 0 Å². The molecule has 0 bridgehead atoms. The second-order valence-corrected chi connectivity index (χ2v) is 4.17. The number of rotatable bonds is 6. The molecule has 0 saturated heterocycles. The predicted octanol–water partition coefficient (Wildman–Crippen LogP) is 4.16. The molecule has 1 nitrogen and oxygen atoms in total. The van der Waals surface area contributed by atoms with E-state index >= 15 is 0 Å². The van der Waals surface area contributed by atoms with Crippen molar-refractivity contribution in [3.8, 4) is 18.1 Å². The number of benzene rings is 1. The number of hydrogen-bond donors (Lipinski definition) is 0. The summed E-state index contributed by atoms with van der Waals surface area (Å²) in [6, 6.07) is 6.46. The minimum absolute atomic E-state index is 0.410. The lowest BCUT2D eigenvalue weighted by Gasteiger charge is -2.18. The summed E-state index contributed by atoms with van der Waals surface area (Å²) in [5, 5.41) is 0. The minimum atomic E-state index is 0.410. The highest BCUT2D eigenvalue weighted by Crippen LogP contribution is 2.32. The Kier molecular flexibility index (Phi) is 5.63. The zero-order valence-electron chi connectivity index (χ0n) is 11.1. The zero-order valence-corrected chi connectivity index (χ0v) is 11.1. The molecule has 0 aromatic heterocycles. The van der Waals surface area contributed by atoms with Gasteiger partial charge in [-0.1, -0.05) is 26.0 Å². The molecule has 0 fully saturated rings. The van der Waals surface area contributed by atoms with Gasteiger partial charge in [-0.05, 0) is 42.9 Å². The number of ether oxygens (including phenoxy) is 1. The topological polar surface area (TPSA) is 9.23 Å². The van der Waals surface area contributed by atoms with Gasteiger partial charge in [-0.15, -0.1) is 12.3 Å². The first-order valence-electron chi connectivity index (χ1n) is 6.45. The lowest BCUT2D eigenvalue weighted by molar-refractivity contribution is 0.333. The largest absolute Gasteiger partial charge is 0.494 e. The Morgan fingerprint density at radius 3 is 2.59 bits per heavy atom. The summed E-state index contributed by atoms with van der Waals surface area (Å²) in [6.45, 7) is 7.06. The first kappa shape index (κ1) is 13.6. The van der Waals surface area contributed by atoms with Crippen LogP contribution in [0.1, 0.15) is 50.7 Å². The smallest absolute Gasteiger partial charge is 0.122 e. The van der Waals surface area contributed by atoms with Crippen molar-refractivity contribution in [2.75, 3.05) is 6.61 Å². The molecule has 1 aromatic carbocycles. The SMILES string of the molecule is C#CCC(CC)c1cc(CC)ccc1OCC.